The first-order chi connectivity index (χ1) is 9.91. The van der Waals surface area contributed by atoms with Gasteiger partial charge in [0.05, 0.1) is 26.4 Å². The summed E-state index contributed by atoms with van der Waals surface area (Å²) >= 11 is 0. The normalized spacial score (nSPS) is 11.1. The van der Waals surface area contributed by atoms with E-state index in [-0.39, 0.29) is 13.2 Å². The third-order valence-electron chi connectivity index (χ3n) is 3.30. The SMILES string of the molecule is OCCOCCCCCCCCCCCCOCCO. The van der Waals surface area contributed by atoms with E-state index in [0.717, 1.165) is 26.1 Å². The molecule has 4 heteroatoms. The van der Waals surface area contributed by atoms with Crippen molar-refractivity contribution in [2.75, 3.05) is 39.6 Å². The number of unbranched alkanes of at least 4 members (excludes halogenated alkanes) is 9. The molecular weight excluding hydrogens is 256 g/mol. The van der Waals surface area contributed by atoms with E-state index in [4.69, 9.17) is 19.7 Å². The zero-order valence-corrected chi connectivity index (χ0v) is 13.0. The van der Waals surface area contributed by atoms with E-state index in [1.165, 1.54) is 51.4 Å². The molecule has 0 unspecified atom stereocenters. The summed E-state index contributed by atoms with van der Waals surface area (Å²) in [5.41, 5.74) is 0. The smallest absolute Gasteiger partial charge is 0.0697 e. The molecule has 0 aliphatic carbocycles. The van der Waals surface area contributed by atoms with Crippen LogP contribution in [-0.2, 0) is 9.47 Å². The maximum atomic E-state index is 8.54. The van der Waals surface area contributed by atoms with Gasteiger partial charge in [-0.05, 0) is 12.8 Å². The molecule has 0 radical (unpaired) electrons. The Balaban J connectivity index is 2.89. The molecule has 0 spiro atoms. The fourth-order valence-corrected chi connectivity index (χ4v) is 2.16. The lowest BCUT2D eigenvalue weighted by atomic mass is 10.1. The Morgan fingerprint density at radius 1 is 0.400 bits per heavy atom. The van der Waals surface area contributed by atoms with Gasteiger partial charge in [-0.15, -0.1) is 0 Å². The minimum atomic E-state index is 0.132. The second-order valence-corrected chi connectivity index (χ2v) is 5.21. The van der Waals surface area contributed by atoms with Crippen LogP contribution in [0, 0.1) is 0 Å². The van der Waals surface area contributed by atoms with Gasteiger partial charge < -0.3 is 19.7 Å². The molecule has 0 saturated carbocycles. The quantitative estimate of drug-likeness (QED) is 0.404. The van der Waals surface area contributed by atoms with Crippen molar-refractivity contribution in [2.45, 2.75) is 64.2 Å². The summed E-state index contributed by atoms with van der Waals surface area (Å²) < 4.78 is 10.4. The van der Waals surface area contributed by atoms with E-state index in [1.54, 1.807) is 0 Å². The van der Waals surface area contributed by atoms with Crippen LogP contribution in [0.25, 0.3) is 0 Å². The van der Waals surface area contributed by atoms with Gasteiger partial charge in [-0.25, -0.2) is 0 Å². The van der Waals surface area contributed by atoms with Crippen molar-refractivity contribution in [1.82, 2.24) is 0 Å². The van der Waals surface area contributed by atoms with Crippen LogP contribution < -0.4 is 0 Å². The fourth-order valence-electron chi connectivity index (χ4n) is 2.16. The highest BCUT2D eigenvalue weighted by Crippen LogP contribution is 2.10. The molecule has 2 N–H and O–H groups in total. The van der Waals surface area contributed by atoms with Crippen molar-refractivity contribution < 1.29 is 19.7 Å². The molecule has 0 aromatic heterocycles. The van der Waals surface area contributed by atoms with E-state index in [1.807, 2.05) is 0 Å². The molecule has 20 heavy (non-hydrogen) atoms. The van der Waals surface area contributed by atoms with Crippen LogP contribution in [0.2, 0.25) is 0 Å². The van der Waals surface area contributed by atoms with Crippen molar-refractivity contribution >= 4 is 0 Å². The minimum Gasteiger partial charge on any atom is -0.394 e. The molecule has 0 amide bonds. The molecule has 0 fully saturated rings. The van der Waals surface area contributed by atoms with Crippen LogP contribution in [0.4, 0.5) is 0 Å². The van der Waals surface area contributed by atoms with E-state index in [2.05, 4.69) is 0 Å². The number of hydrogen-bond donors (Lipinski definition) is 2. The lowest BCUT2D eigenvalue weighted by Crippen LogP contribution is -2.00. The summed E-state index contributed by atoms with van der Waals surface area (Å²) in [7, 11) is 0. The molecular formula is C16H34O4. The van der Waals surface area contributed by atoms with Gasteiger partial charge >= 0.3 is 0 Å². The van der Waals surface area contributed by atoms with Crippen molar-refractivity contribution in [3.8, 4) is 0 Å². The maximum absolute atomic E-state index is 8.54. The first kappa shape index (κ1) is 19.8. The highest BCUT2D eigenvalue weighted by atomic mass is 16.5. The monoisotopic (exact) mass is 290 g/mol. The number of aliphatic hydroxyl groups excluding tert-OH is 2. The molecule has 0 bridgehead atoms. The van der Waals surface area contributed by atoms with E-state index < -0.39 is 0 Å². The average molecular weight is 290 g/mol. The van der Waals surface area contributed by atoms with Gasteiger partial charge in [-0.3, -0.25) is 0 Å². The molecule has 0 aliphatic heterocycles. The maximum Gasteiger partial charge on any atom is 0.0697 e. The minimum absolute atomic E-state index is 0.132. The van der Waals surface area contributed by atoms with Crippen molar-refractivity contribution in [3.05, 3.63) is 0 Å². The molecule has 0 rings (SSSR count). The first-order valence-electron chi connectivity index (χ1n) is 8.29. The van der Waals surface area contributed by atoms with E-state index >= 15 is 0 Å². The van der Waals surface area contributed by atoms with Gasteiger partial charge in [0, 0.05) is 13.2 Å². The van der Waals surface area contributed by atoms with Crippen LogP contribution >= 0.6 is 0 Å². The number of rotatable bonds is 17. The van der Waals surface area contributed by atoms with Crippen LogP contribution in [0.15, 0.2) is 0 Å². The molecule has 4 nitrogen and oxygen atoms in total. The van der Waals surface area contributed by atoms with Gasteiger partial charge in [0.1, 0.15) is 0 Å². The summed E-state index contributed by atoms with van der Waals surface area (Å²) in [6.45, 7) is 2.80. The Labute approximate surface area is 124 Å². The van der Waals surface area contributed by atoms with E-state index in [9.17, 15) is 0 Å². The highest BCUT2D eigenvalue weighted by Gasteiger charge is 1.94. The summed E-state index contributed by atoms with van der Waals surface area (Å²) in [4.78, 5) is 0. The van der Waals surface area contributed by atoms with E-state index in [0.29, 0.717) is 13.2 Å². The summed E-state index contributed by atoms with van der Waals surface area (Å²) in [5.74, 6) is 0. The Kier molecular flexibility index (Phi) is 18.7. The first-order valence-corrected chi connectivity index (χ1v) is 8.29. The van der Waals surface area contributed by atoms with Gasteiger partial charge in [-0.2, -0.15) is 0 Å². The summed E-state index contributed by atoms with van der Waals surface area (Å²) in [6.07, 6.45) is 12.7. The van der Waals surface area contributed by atoms with Crippen LogP contribution in [-0.4, -0.2) is 49.9 Å². The van der Waals surface area contributed by atoms with Crippen LogP contribution in [0.5, 0.6) is 0 Å². The second kappa shape index (κ2) is 18.8. The number of ether oxygens (including phenoxy) is 2. The third kappa shape index (κ3) is 17.8. The van der Waals surface area contributed by atoms with Crippen molar-refractivity contribution in [3.63, 3.8) is 0 Å². The van der Waals surface area contributed by atoms with Crippen LogP contribution in [0.1, 0.15) is 64.2 Å². The zero-order chi connectivity index (χ0) is 14.7. The fraction of sp³-hybridized carbons (Fsp3) is 1.00. The predicted molar refractivity (Wildman–Crippen MR) is 82.0 cm³/mol. The lowest BCUT2D eigenvalue weighted by molar-refractivity contribution is 0.0894. The van der Waals surface area contributed by atoms with Crippen molar-refractivity contribution in [2.24, 2.45) is 0 Å². The molecule has 0 saturated heterocycles. The Morgan fingerprint density at radius 2 is 0.700 bits per heavy atom. The third-order valence-corrected chi connectivity index (χ3v) is 3.30. The largest absolute Gasteiger partial charge is 0.394 e. The highest BCUT2D eigenvalue weighted by molar-refractivity contribution is 4.48. The topological polar surface area (TPSA) is 58.9 Å². The molecule has 0 heterocycles. The van der Waals surface area contributed by atoms with Crippen LogP contribution in [0.3, 0.4) is 0 Å². The molecule has 0 aromatic carbocycles. The molecule has 0 aliphatic rings. The standard InChI is InChI=1S/C16H34O4/c17-11-15-19-13-9-7-5-3-1-2-4-6-8-10-14-20-16-12-18/h17-18H,1-16H2. The predicted octanol–water partition coefficient (Wildman–Crippen LogP) is 2.91. The second-order valence-electron chi connectivity index (χ2n) is 5.21. The van der Waals surface area contributed by atoms with Gasteiger partial charge in [0.25, 0.3) is 0 Å². The van der Waals surface area contributed by atoms with Gasteiger partial charge in [0.15, 0.2) is 0 Å². The Morgan fingerprint density at radius 3 is 1.00 bits per heavy atom. The lowest BCUT2D eigenvalue weighted by Gasteiger charge is -2.04. The average Bonchev–Trinajstić information content (AvgIpc) is 2.47. The summed E-state index contributed by atoms with van der Waals surface area (Å²) in [6, 6.07) is 0. The van der Waals surface area contributed by atoms with Gasteiger partial charge in [0.2, 0.25) is 0 Å². The molecule has 0 aromatic rings. The molecule has 122 valence electrons. The molecule has 0 atom stereocenters. The van der Waals surface area contributed by atoms with Gasteiger partial charge in [-0.1, -0.05) is 51.4 Å². The summed E-state index contributed by atoms with van der Waals surface area (Å²) in [5, 5.41) is 17.1. The number of hydrogen-bond acceptors (Lipinski definition) is 4. The van der Waals surface area contributed by atoms with Crippen molar-refractivity contribution in [1.29, 1.82) is 0 Å². The Hall–Kier alpha value is -0.160. The zero-order valence-electron chi connectivity index (χ0n) is 13.0. The number of aliphatic hydroxyl groups is 2. The Bertz CT molecular complexity index is 147.